The summed E-state index contributed by atoms with van der Waals surface area (Å²) in [6.45, 7) is 2.27. The van der Waals surface area contributed by atoms with Gasteiger partial charge in [-0.3, -0.25) is 9.00 Å². The van der Waals surface area contributed by atoms with E-state index in [1.807, 2.05) is 19.1 Å². The highest BCUT2D eigenvalue weighted by Crippen LogP contribution is 2.18. The number of fused-ring (bicyclic) bond motifs is 1. The average molecular weight is 279 g/mol. The number of rotatable bonds is 5. The molecule has 2 aromatic rings. The highest BCUT2D eigenvalue weighted by atomic mass is 32.2. The minimum Gasteiger partial charge on any atom is -0.399 e. The van der Waals surface area contributed by atoms with E-state index in [1.165, 1.54) is 0 Å². The lowest BCUT2D eigenvalue weighted by molar-refractivity contribution is 0.0952. The number of aromatic nitrogens is 1. The van der Waals surface area contributed by atoms with E-state index in [1.54, 1.807) is 12.1 Å². The number of anilines is 1. The van der Waals surface area contributed by atoms with Crippen LogP contribution >= 0.6 is 0 Å². The molecule has 1 heterocycles. The van der Waals surface area contributed by atoms with Crippen LogP contribution in [0.4, 0.5) is 5.69 Å². The lowest BCUT2D eigenvalue weighted by atomic mass is 10.2. The molecule has 1 amide bonds. The molecule has 2 rings (SSSR count). The number of amides is 1. The second-order valence-corrected chi connectivity index (χ2v) is 6.08. The van der Waals surface area contributed by atoms with Gasteiger partial charge in [0.25, 0.3) is 5.91 Å². The van der Waals surface area contributed by atoms with Crippen molar-refractivity contribution in [3.05, 3.63) is 30.0 Å². The van der Waals surface area contributed by atoms with E-state index < -0.39 is 10.8 Å². The van der Waals surface area contributed by atoms with E-state index in [9.17, 15) is 9.00 Å². The van der Waals surface area contributed by atoms with Gasteiger partial charge in [0.15, 0.2) is 0 Å². The number of aromatic amines is 1. The van der Waals surface area contributed by atoms with Crippen molar-refractivity contribution in [1.82, 2.24) is 10.3 Å². The minimum absolute atomic E-state index is 0.192. The molecular formula is C13H17N3O2S. The summed E-state index contributed by atoms with van der Waals surface area (Å²) in [6.07, 6.45) is 0. The maximum atomic E-state index is 11.9. The summed E-state index contributed by atoms with van der Waals surface area (Å²) < 4.78 is 11.2. The molecule has 0 saturated carbocycles. The molecule has 1 aromatic carbocycles. The zero-order chi connectivity index (χ0) is 13.8. The largest absolute Gasteiger partial charge is 0.399 e. The Hall–Kier alpha value is -1.82. The quantitative estimate of drug-likeness (QED) is 0.720. The summed E-state index contributed by atoms with van der Waals surface area (Å²) in [4.78, 5) is 14.9. The number of hydrogen-bond donors (Lipinski definition) is 3. The fraction of sp³-hybridized carbons (Fsp3) is 0.308. The van der Waals surface area contributed by atoms with Crippen LogP contribution in [0.3, 0.4) is 0 Å². The molecule has 1 atom stereocenters. The lowest BCUT2D eigenvalue weighted by Gasteiger charge is -2.02. The summed E-state index contributed by atoms with van der Waals surface area (Å²) in [7, 11) is -0.859. The first-order valence-corrected chi connectivity index (χ1v) is 7.60. The number of nitrogens with two attached hydrogens (primary N) is 1. The van der Waals surface area contributed by atoms with Crippen LogP contribution in [0.25, 0.3) is 10.9 Å². The number of nitrogen functional groups attached to an aromatic ring is 1. The number of benzene rings is 1. The third-order valence-electron chi connectivity index (χ3n) is 2.83. The van der Waals surface area contributed by atoms with E-state index in [0.29, 0.717) is 29.4 Å². The summed E-state index contributed by atoms with van der Waals surface area (Å²) in [6, 6.07) is 7.20. The molecule has 0 spiro atoms. The maximum Gasteiger partial charge on any atom is 0.267 e. The van der Waals surface area contributed by atoms with Gasteiger partial charge in [0.1, 0.15) is 5.69 Å². The Labute approximate surface area is 114 Å². The van der Waals surface area contributed by atoms with Gasteiger partial charge in [0.05, 0.1) is 0 Å². The normalized spacial score (nSPS) is 12.5. The van der Waals surface area contributed by atoms with Gasteiger partial charge in [-0.2, -0.15) is 0 Å². The van der Waals surface area contributed by atoms with Crippen LogP contribution in [-0.2, 0) is 10.8 Å². The first-order valence-electron chi connectivity index (χ1n) is 6.11. The number of carbonyl (C=O) groups is 1. The van der Waals surface area contributed by atoms with Gasteiger partial charge < -0.3 is 16.0 Å². The first kappa shape index (κ1) is 13.6. The molecule has 0 aliphatic carbocycles. The molecule has 0 fully saturated rings. The van der Waals surface area contributed by atoms with E-state index in [4.69, 9.17) is 5.73 Å². The molecule has 102 valence electrons. The predicted octanol–water partition coefficient (Wildman–Crippen LogP) is 1.25. The molecular weight excluding hydrogens is 262 g/mol. The highest BCUT2D eigenvalue weighted by Gasteiger charge is 2.09. The van der Waals surface area contributed by atoms with Crippen LogP contribution in [-0.4, -0.2) is 33.2 Å². The van der Waals surface area contributed by atoms with E-state index >= 15 is 0 Å². The van der Waals surface area contributed by atoms with E-state index in [0.717, 1.165) is 10.9 Å². The Morgan fingerprint density at radius 3 is 2.95 bits per heavy atom. The van der Waals surface area contributed by atoms with Crippen molar-refractivity contribution in [3.8, 4) is 0 Å². The van der Waals surface area contributed by atoms with Gasteiger partial charge in [0, 0.05) is 45.4 Å². The molecule has 1 unspecified atom stereocenters. The van der Waals surface area contributed by atoms with Crippen molar-refractivity contribution in [3.63, 3.8) is 0 Å². The number of hydrogen-bond acceptors (Lipinski definition) is 3. The van der Waals surface area contributed by atoms with Crippen molar-refractivity contribution in [1.29, 1.82) is 0 Å². The number of nitrogens with one attached hydrogen (secondary N) is 2. The summed E-state index contributed by atoms with van der Waals surface area (Å²) in [5.74, 6) is 0.902. The van der Waals surface area contributed by atoms with Crippen molar-refractivity contribution in [2.24, 2.45) is 0 Å². The Balaban J connectivity index is 2.03. The Morgan fingerprint density at radius 1 is 1.42 bits per heavy atom. The second kappa shape index (κ2) is 5.88. The van der Waals surface area contributed by atoms with Crippen molar-refractivity contribution in [2.75, 3.05) is 23.8 Å². The summed E-state index contributed by atoms with van der Waals surface area (Å²) in [5, 5.41) is 3.65. The third kappa shape index (κ3) is 3.35. The zero-order valence-corrected chi connectivity index (χ0v) is 11.5. The molecule has 4 N–H and O–H groups in total. The van der Waals surface area contributed by atoms with Crippen molar-refractivity contribution in [2.45, 2.75) is 6.92 Å². The van der Waals surface area contributed by atoms with Gasteiger partial charge in [-0.1, -0.05) is 6.92 Å². The van der Waals surface area contributed by atoms with Gasteiger partial charge in [-0.05, 0) is 24.3 Å². The minimum atomic E-state index is -0.859. The van der Waals surface area contributed by atoms with Crippen LogP contribution in [0, 0.1) is 0 Å². The van der Waals surface area contributed by atoms with Gasteiger partial charge >= 0.3 is 0 Å². The Kier molecular flexibility index (Phi) is 4.21. The topological polar surface area (TPSA) is 88.0 Å². The Morgan fingerprint density at radius 2 is 2.21 bits per heavy atom. The zero-order valence-electron chi connectivity index (χ0n) is 10.7. The van der Waals surface area contributed by atoms with Crippen molar-refractivity contribution >= 4 is 33.3 Å². The lowest BCUT2D eigenvalue weighted by Crippen LogP contribution is -2.28. The Bertz CT molecular complexity index is 621. The smallest absolute Gasteiger partial charge is 0.267 e. The van der Waals surface area contributed by atoms with Gasteiger partial charge in [-0.15, -0.1) is 0 Å². The fourth-order valence-electron chi connectivity index (χ4n) is 1.79. The molecule has 6 heteroatoms. The van der Waals surface area contributed by atoms with E-state index in [2.05, 4.69) is 10.3 Å². The SMILES string of the molecule is CCS(=O)CCNC(=O)c1cc2cc(N)ccc2[nH]1. The summed E-state index contributed by atoms with van der Waals surface area (Å²) >= 11 is 0. The van der Waals surface area contributed by atoms with Crippen molar-refractivity contribution < 1.29 is 9.00 Å². The molecule has 0 saturated heterocycles. The molecule has 0 radical (unpaired) electrons. The maximum absolute atomic E-state index is 11.9. The standard InChI is InChI=1S/C13H17N3O2S/c1-2-19(18)6-5-15-13(17)12-8-9-7-10(14)3-4-11(9)16-12/h3-4,7-8,16H,2,5-6,14H2,1H3,(H,15,17). The predicted molar refractivity (Wildman–Crippen MR) is 78.6 cm³/mol. The molecule has 0 aliphatic rings. The molecule has 0 bridgehead atoms. The van der Waals surface area contributed by atoms with Crippen LogP contribution in [0.15, 0.2) is 24.3 Å². The molecule has 1 aromatic heterocycles. The van der Waals surface area contributed by atoms with Crippen LogP contribution in [0.2, 0.25) is 0 Å². The molecule has 19 heavy (non-hydrogen) atoms. The second-order valence-electron chi connectivity index (χ2n) is 4.22. The van der Waals surface area contributed by atoms with Crippen LogP contribution in [0.5, 0.6) is 0 Å². The third-order valence-corrected chi connectivity index (χ3v) is 4.13. The summed E-state index contributed by atoms with van der Waals surface area (Å²) in [5.41, 5.74) is 7.71. The number of H-pyrrole nitrogens is 1. The van der Waals surface area contributed by atoms with Crippen LogP contribution in [0.1, 0.15) is 17.4 Å². The number of carbonyl (C=O) groups excluding carboxylic acids is 1. The molecule has 5 nitrogen and oxygen atoms in total. The highest BCUT2D eigenvalue weighted by molar-refractivity contribution is 7.84. The first-order chi connectivity index (χ1) is 9.10. The van der Waals surface area contributed by atoms with Gasteiger partial charge in [-0.25, -0.2) is 0 Å². The monoisotopic (exact) mass is 279 g/mol. The van der Waals surface area contributed by atoms with E-state index in [-0.39, 0.29) is 5.91 Å². The van der Waals surface area contributed by atoms with Gasteiger partial charge in [0.2, 0.25) is 0 Å². The average Bonchev–Trinajstić information content (AvgIpc) is 2.81. The fourth-order valence-corrected chi connectivity index (χ4v) is 2.41. The van der Waals surface area contributed by atoms with Crippen LogP contribution < -0.4 is 11.1 Å². The molecule has 0 aliphatic heterocycles.